The van der Waals surface area contributed by atoms with E-state index >= 15 is 0 Å². The van der Waals surface area contributed by atoms with E-state index in [0.29, 0.717) is 30.0 Å². The summed E-state index contributed by atoms with van der Waals surface area (Å²) in [5, 5.41) is 4.06. The average molecular weight is 289 g/mol. The number of aromatic nitrogens is 2. The topological polar surface area (TPSA) is 79.4 Å². The summed E-state index contributed by atoms with van der Waals surface area (Å²) in [5.74, 6) is -0.0570. The Morgan fingerprint density at radius 2 is 2.19 bits per heavy atom. The summed E-state index contributed by atoms with van der Waals surface area (Å²) in [6, 6.07) is 6.93. The van der Waals surface area contributed by atoms with Gasteiger partial charge in [0.2, 0.25) is 0 Å². The van der Waals surface area contributed by atoms with Crippen molar-refractivity contribution in [1.82, 2.24) is 9.78 Å². The summed E-state index contributed by atoms with van der Waals surface area (Å²) < 4.78 is 12.5. The largest absolute Gasteiger partial charge is 0.491 e. The normalized spacial score (nSPS) is 10.4. The third-order valence-electron chi connectivity index (χ3n) is 3.07. The van der Waals surface area contributed by atoms with Gasteiger partial charge in [0.25, 0.3) is 0 Å². The molecule has 0 aliphatic carbocycles. The van der Waals surface area contributed by atoms with Gasteiger partial charge in [-0.2, -0.15) is 5.10 Å². The number of rotatable bonds is 6. The molecule has 0 spiro atoms. The Kier molecular flexibility index (Phi) is 4.81. The summed E-state index contributed by atoms with van der Waals surface area (Å²) in [6.45, 7) is 2.55. The molecule has 0 aliphatic heterocycles. The lowest BCUT2D eigenvalue weighted by atomic mass is 10.1. The molecule has 6 heteroatoms. The van der Waals surface area contributed by atoms with Crippen LogP contribution in [0.25, 0.3) is 0 Å². The lowest BCUT2D eigenvalue weighted by molar-refractivity contribution is 0.0503. The number of ether oxygens (including phenoxy) is 2. The number of carbonyl (C=O) groups excluding carboxylic acids is 1. The molecule has 1 aromatic carbocycles. The fourth-order valence-electron chi connectivity index (χ4n) is 1.99. The summed E-state index contributed by atoms with van der Waals surface area (Å²) in [6.07, 6.45) is 2.32. The standard InChI is InChI=1S/C15H19N3O3/c1-3-20-14-12(5-4-6-13(14)16)15(19)21-10-8-11-7-9-17-18(11)2/h4-7,9H,3,8,10,16H2,1-2H3. The predicted molar refractivity (Wildman–Crippen MR) is 79.2 cm³/mol. The number of hydrogen-bond acceptors (Lipinski definition) is 5. The van der Waals surface area contributed by atoms with Crippen LogP contribution in [0.15, 0.2) is 30.5 Å². The number of hydrogen-bond donors (Lipinski definition) is 1. The van der Waals surface area contributed by atoms with E-state index in [1.165, 1.54) is 0 Å². The number of nitrogen functional groups attached to an aromatic ring is 1. The van der Waals surface area contributed by atoms with Crippen LogP contribution in [0, 0.1) is 0 Å². The number of nitrogens with zero attached hydrogens (tertiary/aromatic N) is 2. The van der Waals surface area contributed by atoms with Crippen molar-refractivity contribution in [3.8, 4) is 5.75 Å². The molecule has 6 nitrogen and oxygen atoms in total. The SMILES string of the molecule is CCOc1c(N)cccc1C(=O)OCCc1ccnn1C. The van der Waals surface area contributed by atoms with Crippen LogP contribution in [-0.4, -0.2) is 29.0 Å². The highest BCUT2D eigenvalue weighted by molar-refractivity contribution is 5.94. The summed E-state index contributed by atoms with van der Waals surface area (Å²) >= 11 is 0. The molecule has 0 aliphatic rings. The van der Waals surface area contributed by atoms with E-state index in [1.807, 2.05) is 20.0 Å². The fraction of sp³-hybridized carbons (Fsp3) is 0.333. The first kappa shape index (κ1) is 14.9. The summed E-state index contributed by atoms with van der Waals surface area (Å²) in [4.78, 5) is 12.1. The quantitative estimate of drug-likeness (QED) is 0.648. The predicted octanol–water partition coefficient (Wildman–Crippen LogP) is 1.80. The Balaban J connectivity index is 2.00. The molecule has 0 atom stereocenters. The molecule has 2 N–H and O–H groups in total. The number of carbonyl (C=O) groups is 1. The van der Waals surface area contributed by atoms with Crippen LogP contribution in [0.4, 0.5) is 5.69 Å². The second kappa shape index (κ2) is 6.78. The van der Waals surface area contributed by atoms with Gasteiger partial charge in [-0.1, -0.05) is 6.07 Å². The van der Waals surface area contributed by atoms with Crippen LogP contribution >= 0.6 is 0 Å². The van der Waals surface area contributed by atoms with E-state index < -0.39 is 5.97 Å². The first-order valence-corrected chi connectivity index (χ1v) is 6.78. The van der Waals surface area contributed by atoms with Crippen LogP contribution in [0.3, 0.4) is 0 Å². The molecule has 0 bridgehead atoms. The minimum atomic E-state index is -0.437. The lowest BCUT2D eigenvalue weighted by Gasteiger charge is -2.12. The number of benzene rings is 1. The third-order valence-corrected chi connectivity index (χ3v) is 3.07. The lowest BCUT2D eigenvalue weighted by Crippen LogP contribution is -2.12. The van der Waals surface area contributed by atoms with E-state index in [-0.39, 0.29) is 6.61 Å². The number of aryl methyl sites for hydroxylation is 1. The second-order valence-corrected chi connectivity index (χ2v) is 4.49. The van der Waals surface area contributed by atoms with Gasteiger partial charge in [0.15, 0.2) is 5.75 Å². The van der Waals surface area contributed by atoms with E-state index in [4.69, 9.17) is 15.2 Å². The monoisotopic (exact) mass is 289 g/mol. The van der Waals surface area contributed by atoms with Crippen molar-refractivity contribution in [1.29, 1.82) is 0 Å². The smallest absolute Gasteiger partial charge is 0.342 e. The molecule has 21 heavy (non-hydrogen) atoms. The zero-order chi connectivity index (χ0) is 15.2. The molecular weight excluding hydrogens is 270 g/mol. The first-order valence-electron chi connectivity index (χ1n) is 6.78. The maximum atomic E-state index is 12.1. The van der Waals surface area contributed by atoms with Crippen molar-refractivity contribution in [3.63, 3.8) is 0 Å². The molecule has 1 aromatic heterocycles. The number of anilines is 1. The van der Waals surface area contributed by atoms with E-state index in [0.717, 1.165) is 5.69 Å². The molecule has 112 valence electrons. The minimum absolute atomic E-state index is 0.277. The second-order valence-electron chi connectivity index (χ2n) is 4.49. The maximum absolute atomic E-state index is 12.1. The van der Waals surface area contributed by atoms with Crippen LogP contribution in [-0.2, 0) is 18.2 Å². The van der Waals surface area contributed by atoms with Crippen molar-refractivity contribution >= 4 is 11.7 Å². The van der Waals surface area contributed by atoms with Crippen molar-refractivity contribution in [2.24, 2.45) is 7.05 Å². The van der Waals surface area contributed by atoms with Crippen LogP contribution in [0.2, 0.25) is 0 Å². The van der Waals surface area contributed by atoms with Crippen LogP contribution in [0.5, 0.6) is 5.75 Å². The Hall–Kier alpha value is -2.50. The first-order chi connectivity index (χ1) is 10.1. The van der Waals surface area contributed by atoms with Gasteiger partial charge < -0.3 is 15.2 Å². The Bertz CT molecular complexity index is 622. The van der Waals surface area contributed by atoms with Gasteiger partial charge in [-0.05, 0) is 25.1 Å². The molecule has 0 amide bonds. The van der Waals surface area contributed by atoms with Crippen molar-refractivity contribution in [2.45, 2.75) is 13.3 Å². The van der Waals surface area contributed by atoms with Gasteiger partial charge in [-0.25, -0.2) is 4.79 Å². The Morgan fingerprint density at radius 1 is 1.38 bits per heavy atom. The molecule has 0 unspecified atom stereocenters. The van der Waals surface area contributed by atoms with Crippen molar-refractivity contribution in [2.75, 3.05) is 18.9 Å². The molecule has 0 saturated heterocycles. The van der Waals surface area contributed by atoms with Crippen molar-refractivity contribution in [3.05, 3.63) is 41.7 Å². The molecular formula is C15H19N3O3. The zero-order valence-corrected chi connectivity index (χ0v) is 12.2. The average Bonchev–Trinajstić information content (AvgIpc) is 2.87. The highest BCUT2D eigenvalue weighted by Gasteiger charge is 2.16. The summed E-state index contributed by atoms with van der Waals surface area (Å²) in [7, 11) is 1.85. The fourth-order valence-corrected chi connectivity index (χ4v) is 1.99. The number of esters is 1. The van der Waals surface area contributed by atoms with Gasteiger partial charge >= 0.3 is 5.97 Å². The van der Waals surface area contributed by atoms with Gasteiger partial charge in [0.05, 0.1) is 18.9 Å². The van der Waals surface area contributed by atoms with Gasteiger partial charge in [0, 0.05) is 25.4 Å². The number of para-hydroxylation sites is 1. The minimum Gasteiger partial charge on any atom is -0.491 e. The third kappa shape index (κ3) is 3.53. The van der Waals surface area contributed by atoms with Gasteiger partial charge in [-0.15, -0.1) is 0 Å². The van der Waals surface area contributed by atoms with Gasteiger partial charge in [0.1, 0.15) is 5.56 Å². The van der Waals surface area contributed by atoms with E-state index in [2.05, 4.69) is 5.10 Å². The maximum Gasteiger partial charge on any atom is 0.342 e. The number of nitrogens with two attached hydrogens (primary N) is 1. The molecule has 2 rings (SSSR count). The summed E-state index contributed by atoms with van der Waals surface area (Å²) in [5.41, 5.74) is 7.60. The highest BCUT2D eigenvalue weighted by Crippen LogP contribution is 2.27. The van der Waals surface area contributed by atoms with Crippen LogP contribution < -0.4 is 10.5 Å². The Labute approximate surface area is 123 Å². The zero-order valence-electron chi connectivity index (χ0n) is 12.2. The Morgan fingerprint density at radius 3 is 2.86 bits per heavy atom. The van der Waals surface area contributed by atoms with E-state index in [1.54, 1.807) is 29.1 Å². The van der Waals surface area contributed by atoms with Crippen LogP contribution in [0.1, 0.15) is 23.0 Å². The molecule has 1 heterocycles. The molecule has 0 saturated carbocycles. The van der Waals surface area contributed by atoms with E-state index in [9.17, 15) is 4.79 Å². The molecule has 0 radical (unpaired) electrons. The van der Waals surface area contributed by atoms with Gasteiger partial charge in [-0.3, -0.25) is 4.68 Å². The molecule has 2 aromatic rings. The highest BCUT2D eigenvalue weighted by atomic mass is 16.5. The van der Waals surface area contributed by atoms with Crippen molar-refractivity contribution < 1.29 is 14.3 Å². The molecule has 0 fully saturated rings.